The average Bonchev–Trinajstić information content (AvgIpc) is 3.17. The Morgan fingerprint density at radius 1 is 0.208 bits per heavy atom. The summed E-state index contributed by atoms with van der Waals surface area (Å²) in [6.07, 6.45) is 0. The Labute approximate surface area is 281 Å². The molecule has 224 valence electrons. The molecule has 0 radical (unpaired) electrons. The standard InChI is InChI=1S/C48H32/c1-2-14-33(15-3-1)35-18-11-22-39(31-35)47-43-25-6-8-27-45(43)48(46-28-9-7-26-44(46)47)40-23-12-20-37(32-40)36-19-10-21-38(30-36)42-29-13-17-34-16-4-5-24-41(34)42/h1-32H. The van der Waals surface area contributed by atoms with E-state index >= 15 is 0 Å². The molecular weight excluding hydrogens is 577 g/mol. The summed E-state index contributed by atoms with van der Waals surface area (Å²) in [5.74, 6) is 0. The number of rotatable bonds is 5. The van der Waals surface area contributed by atoms with Gasteiger partial charge in [-0.1, -0.05) is 176 Å². The molecule has 48 heavy (non-hydrogen) atoms. The maximum absolute atomic E-state index is 2.37. The van der Waals surface area contributed by atoms with Gasteiger partial charge in [0, 0.05) is 0 Å². The Balaban J connectivity index is 1.22. The van der Waals surface area contributed by atoms with Gasteiger partial charge < -0.3 is 0 Å². The molecule has 9 rings (SSSR count). The predicted octanol–water partition coefficient (Wildman–Crippen LogP) is 13.5. The SMILES string of the molecule is c1ccc(-c2cccc(-c3c4ccccc4c(-c4cccc(-c5cccc(-c6cccc7ccccc67)c5)c4)c4ccccc34)c2)cc1. The summed E-state index contributed by atoms with van der Waals surface area (Å²) in [6.45, 7) is 0. The Morgan fingerprint density at radius 3 is 1.12 bits per heavy atom. The highest BCUT2D eigenvalue weighted by Gasteiger charge is 2.17. The van der Waals surface area contributed by atoms with Crippen LogP contribution in [0.25, 0.3) is 88.0 Å². The van der Waals surface area contributed by atoms with E-state index in [0.717, 1.165) is 0 Å². The smallest absolute Gasteiger partial charge is 0.00262 e. The van der Waals surface area contributed by atoms with Gasteiger partial charge in [0.05, 0.1) is 0 Å². The van der Waals surface area contributed by atoms with Gasteiger partial charge >= 0.3 is 0 Å². The fraction of sp³-hybridized carbons (Fsp3) is 0. The van der Waals surface area contributed by atoms with E-state index in [0.29, 0.717) is 0 Å². The van der Waals surface area contributed by atoms with Crippen molar-refractivity contribution in [1.82, 2.24) is 0 Å². The van der Waals surface area contributed by atoms with Crippen molar-refractivity contribution < 1.29 is 0 Å². The van der Waals surface area contributed by atoms with Crippen LogP contribution in [0.15, 0.2) is 194 Å². The predicted molar refractivity (Wildman–Crippen MR) is 206 cm³/mol. The molecule has 0 unspecified atom stereocenters. The maximum Gasteiger partial charge on any atom is -0.00262 e. The van der Waals surface area contributed by atoms with Crippen molar-refractivity contribution in [1.29, 1.82) is 0 Å². The number of fused-ring (bicyclic) bond motifs is 3. The fourth-order valence-electron chi connectivity index (χ4n) is 7.43. The maximum atomic E-state index is 2.37. The lowest BCUT2D eigenvalue weighted by Gasteiger charge is -2.18. The van der Waals surface area contributed by atoms with Gasteiger partial charge in [-0.3, -0.25) is 0 Å². The molecule has 0 fully saturated rings. The molecule has 0 aliphatic rings. The van der Waals surface area contributed by atoms with Crippen LogP contribution in [0.4, 0.5) is 0 Å². The van der Waals surface area contributed by atoms with Gasteiger partial charge in [-0.05, 0) is 106 Å². The van der Waals surface area contributed by atoms with Crippen LogP contribution in [0.3, 0.4) is 0 Å². The zero-order chi connectivity index (χ0) is 31.9. The molecule has 9 aromatic rings. The first-order valence-corrected chi connectivity index (χ1v) is 16.6. The van der Waals surface area contributed by atoms with Crippen molar-refractivity contribution in [2.24, 2.45) is 0 Å². The summed E-state index contributed by atoms with van der Waals surface area (Å²) in [5.41, 5.74) is 12.4. The molecule has 0 heteroatoms. The van der Waals surface area contributed by atoms with Gasteiger partial charge in [0.25, 0.3) is 0 Å². The fourth-order valence-corrected chi connectivity index (χ4v) is 7.43. The van der Waals surface area contributed by atoms with Crippen LogP contribution in [-0.2, 0) is 0 Å². The third-order valence-electron chi connectivity index (χ3n) is 9.64. The highest BCUT2D eigenvalue weighted by molar-refractivity contribution is 6.21. The molecule has 0 atom stereocenters. The third-order valence-corrected chi connectivity index (χ3v) is 9.64. The van der Waals surface area contributed by atoms with Crippen molar-refractivity contribution in [2.45, 2.75) is 0 Å². The average molecular weight is 609 g/mol. The largest absolute Gasteiger partial charge is 0.0622 e. The summed E-state index contributed by atoms with van der Waals surface area (Å²) < 4.78 is 0. The monoisotopic (exact) mass is 608 g/mol. The summed E-state index contributed by atoms with van der Waals surface area (Å²) in [4.78, 5) is 0. The van der Waals surface area contributed by atoms with Crippen molar-refractivity contribution in [3.63, 3.8) is 0 Å². The van der Waals surface area contributed by atoms with Crippen LogP contribution in [0, 0.1) is 0 Å². The van der Waals surface area contributed by atoms with Crippen LogP contribution in [0.1, 0.15) is 0 Å². The van der Waals surface area contributed by atoms with E-state index in [4.69, 9.17) is 0 Å². The van der Waals surface area contributed by atoms with Crippen molar-refractivity contribution in [2.75, 3.05) is 0 Å². The van der Waals surface area contributed by atoms with Crippen LogP contribution in [0.2, 0.25) is 0 Å². The second-order valence-electron chi connectivity index (χ2n) is 12.5. The van der Waals surface area contributed by atoms with Gasteiger partial charge in [-0.25, -0.2) is 0 Å². The van der Waals surface area contributed by atoms with E-state index in [1.54, 1.807) is 0 Å². The molecule has 0 spiro atoms. The molecular formula is C48H32. The molecule has 0 heterocycles. The lowest BCUT2D eigenvalue weighted by Crippen LogP contribution is -1.91. The Hall–Kier alpha value is -6.24. The lowest BCUT2D eigenvalue weighted by molar-refractivity contribution is 1.59. The minimum absolute atomic E-state index is 1.21. The normalized spacial score (nSPS) is 11.3. The van der Waals surface area contributed by atoms with Crippen LogP contribution in [0.5, 0.6) is 0 Å². The summed E-state index contributed by atoms with van der Waals surface area (Å²) in [6, 6.07) is 70.7. The second kappa shape index (κ2) is 11.8. The van der Waals surface area contributed by atoms with Crippen molar-refractivity contribution >= 4 is 32.3 Å². The van der Waals surface area contributed by atoms with Crippen LogP contribution >= 0.6 is 0 Å². The van der Waals surface area contributed by atoms with E-state index in [1.807, 2.05) is 0 Å². The Bertz CT molecular complexity index is 2550. The van der Waals surface area contributed by atoms with Crippen molar-refractivity contribution in [3.8, 4) is 55.6 Å². The third kappa shape index (κ3) is 4.87. The number of benzene rings is 9. The van der Waals surface area contributed by atoms with Crippen molar-refractivity contribution in [3.05, 3.63) is 194 Å². The molecule has 9 aromatic carbocycles. The van der Waals surface area contributed by atoms with E-state index < -0.39 is 0 Å². The molecule has 0 N–H and O–H groups in total. The number of hydrogen-bond donors (Lipinski definition) is 0. The number of hydrogen-bond acceptors (Lipinski definition) is 0. The Kier molecular flexibility index (Phi) is 6.91. The quantitative estimate of drug-likeness (QED) is 0.171. The lowest BCUT2D eigenvalue weighted by atomic mass is 9.85. The molecule has 0 saturated carbocycles. The first-order valence-electron chi connectivity index (χ1n) is 16.6. The van der Waals surface area contributed by atoms with E-state index in [-0.39, 0.29) is 0 Å². The molecule has 0 aliphatic carbocycles. The van der Waals surface area contributed by atoms with Gasteiger partial charge in [0.15, 0.2) is 0 Å². The Morgan fingerprint density at radius 2 is 0.562 bits per heavy atom. The highest BCUT2D eigenvalue weighted by atomic mass is 14.2. The zero-order valence-corrected chi connectivity index (χ0v) is 26.5. The molecule has 0 nitrogen and oxygen atoms in total. The topological polar surface area (TPSA) is 0 Å². The highest BCUT2D eigenvalue weighted by Crippen LogP contribution is 2.45. The molecule has 0 amide bonds. The first-order chi connectivity index (χ1) is 23.8. The van der Waals surface area contributed by atoms with E-state index in [9.17, 15) is 0 Å². The molecule has 0 aliphatic heterocycles. The summed E-state index contributed by atoms with van der Waals surface area (Å²) in [7, 11) is 0. The van der Waals surface area contributed by atoms with Gasteiger partial charge in [0.2, 0.25) is 0 Å². The molecule has 0 saturated heterocycles. The second-order valence-corrected chi connectivity index (χ2v) is 12.5. The van der Waals surface area contributed by atoms with Gasteiger partial charge in [-0.2, -0.15) is 0 Å². The first kappa shape index (κ1) is 28.0. The summed E-state index contributed by atoms with van der Waals surface area (Å²) in [5, 5.41) is 7.59. The van der Waals surface area contributed by atoms with E-state index in [2.05, 4.69) is 194 Å². The van der Waals surface area contributed by atoms with Gasteiger partial charge in [-0.15, -0.1) is 0 Å². The minimum atomic E-state index is 1.21. The van der Waals surface area contributed by atoms with Crippen LogP contribution < -0.4 is 0 Å². The molecule has 0 aromatic heterocycles. The zero-order valence-electron chi connectivity index (χ0n) is 26.5. The van der Waals surface area contributed by atoms with E-state index in [1.165, 1.54) is 88.0 Å². The minimum Gasteiger partial charge on any atom is -0.0622 e. The molecule has 0 bridgehead atoms. The summed E-state index contributed by atoms with van der Waals surface area (Å²) >= 11 is 0. The van der Waals surface area contributed by atoms with Gasteiger partial charge in [0.1, 0.15) is 0 Å². The van der Waals surface area contributed by atoms with Crippen LogP contribution in [-0.4, -0.2) is 0 Å².